The molecule has 1 aromatic carbocycles. The SMILES string of the molecule is COc1cc(F)c(-n2cc(C(O)c3c(Cl)ccc4cncn34)nn2)cc1F. The summed E-state index contributed by atoms with van der Waals surface area (Å²) < 4.78 is 35.5. The number of aliphatic hydroxyl groups excluding tert-OH is 1. The molecule has 0 aliphatic heterocycles. The fraction of sp³-hybridized carbons (Fsp3) is 0.118. The van der Waals surface area contributed by atoms with Crippen LogP contribution in [0.25, 0.3) is 11.2 Å². The highest BCUT2D eigenvalue weighted by Crippen LogP contribution is 2.29. The molecule has 0 bridgehead atoms. The van der Waals surface area contributed by atoms with Gasteiger partial charge in [-0.3, -0.25) is 4.40 Å². The summed E-state index contributed by atoms with van der Waals surface area (Å²) in [5, 5.41) is 18.7. The lowest BCUT2D eigenvalue weighted by atomic mass is 10.1. The highest BCUT2D eigenvalue weighted by molar-refractivity contribution is 6.31. The predicted molar refractivity (Wildman–Crippen MR) is 92.1 cm³/mol. The number of methoxy groups -OCH3 is 1. The van der Waals surface area contributed by atoms with Crippen LogP contribution in [0.4, 0.5) is 8.78 Å². The zero-order chi connectivity index (χ0) is 19.1. The molecule has 0 spiro atoms. The number of hydrogen-bond acceptors (Lipinski definition) is 5. The Hall–Kier alpha value is -3.04. The van der Waals surface area contributed by atoms with E-state index in [1.165, 1.54) is 19.6 Å². The quantitative estimate of drug-likeness (QED) is 0.578. The molecule has 4 rings (SSSR count). The van der Waals surface area contributed by atoms with Crippen LogP contribution in [-0.4, -0.2) is 36.6 Å². The second-order valence-corrected chi connectivity index (χ2v) is 6.09. The van der Waals surface area contributed by atoms with Gasteiger partial charge in [-0.2, -0.15) is 0 Å². The van der Waals surface area contributed by atoms with Crippen LogP contribution in [0.3, 0.4) is 0 Å². The normalized spacial score (nSPS) is 12.5. The lowest BCUT2D eigenvalue weighted by Crippen LogP contribution is -2.07. The van der Waals surface area contributed by atoms with Gasteiger partial charge in [0.05, 0.1) is 42.1 Å². The van der Waals surface area contributed by atoms with Crippen molar-refractivity contribution in [3.63, 3.8) is 0 Å². The number of nitrogens with zero attached hydrogens (tertiary/aromatic N) is 5. The molecule has 7 nitrogen and oxygen atoms in total. The first-order chi connectivity index (χ1) is 13.0. The van der Waals surface area contributed by atoms with Crippen molar-refractivity contribution < 1.29 is 18.6 Å². The van der Waals surface area contributed by atoms with Gasteiger partial charge in [-0.15, -0.1) is 5.10 Å². The van der Waals surface area contributed by atoms with Crippen molar-refractivity contribution in [1.29, 1.82) is 0 Å². The maximum Gasteiger partial charge on any atom is 0.167 e. The van der Waals surface area contributed by atoms with Crippen molar-refractivity contribution >= 4 is 17.1 Å². The second kappa shape index (κ2) is 6.60. The Balaban J connectivity index is 1.76. The fourth-order valence-electron chi connectivity index (χ4n) is 2.76. The molecular weight excluding hydrogens is 380 g/mol. The Morgan fingerprint density at radius 1 is 1.22 bits per heavy atom. The van der Waals surface area contributed by atoms with Crippen LogP contribution in [-0.2, 0) is 0 Å². The molecule has 0 radical (unpaired) electrons. The molecule has 0 saturated heterocycles. The molecule has 138 valence electrons. The van der Waals surface area contributed by atoms with E-state index in [2.05, 4.69) is 15.3 Å². The molecule has 3 aromatic heterocycles. The third kappa shape index (κ3) is 2.90. The number of rotatable bonds is 4. The maximum absolute atomic E-state index is 14.2. The second-order valence-electron chi connectivity index (χ2n) is 5.68. The van der Waals surface area contributed by atoms with Crippen LogP contribution in [0.5, 0.6) is 5.75 Å². The summed E-state index contributed by atoms with van der Waals surface area (Å²) in [5.41, 5.74) is 0.990. The van der Waals surface area contributed by atoms with Gasteiger partial charge >= 0.3 is 0 Å². The minimum absolute atomic E-state index is 0.105. The van der Waals surface area contributed by atoms with E-state index in [-0.39, 0.29) is 17.1 Å². The standard InChI is InChI=1S/C17H12ClF2N5O2/c1-27-15-5-11(19)14(4-12(15)20)25-7-13(22-23-25)17(26)16-10(18)3-2-9-6-21-8-24(9)16/h2-8,17,26H,1H3. The van der Waals surface area contributed by atoms with Crippen molar-refractivity contribution in [2.24, 2.45) is 0 Å². The summed E-state index contributed by atoms with van der Waals surface area (Å²) in [5.74, 6) is -1.73. The Bertz CT molecular complexity index is 1140. The number of pyridine rings is 1. The Labute approximate surface area is 156 Å². The van der Waals surface area contributed by atoms with E-state index in [0.29, 0.717) is 10.7 Å². The number of imidazole rings is 1. The van der Waals surface area contributed by atoms with Gasteiger partial charge in [-0.25, -0.2) is 18.4 Å². The molecule has 0 aliphatic rings. The lowest BCUT2D eigenvalue weighted by molar-refractivity contribution is 0.209. The first kappa shape index (κ1) is 17.4. The Morgan fingerprint density at radius 3 is 2.81 bits per heavy atom. The summed E-state index contributed by atoms with van der Waals surface area (Å²) in [6.45, 7) is 0. The van der Waals surface area contributed by atoms with E-state index in [9.17, 15) is 13.9 Å². The van der Waals surface area contributed by atoms with Gasteiger partial charge in [0.1, 0.15) is 17.5 Å². The van der Waals surface area contributed by atoms with E-state index in [0.717, 1.165) is 22.3 Å². The lowest BCUT2D eigenvalue weighted by Gasteiger charge is -2.12. The van der Waals surface area contributed by atoms with Crippen molar-refractivity contribution in [2.45, 2.75) is 6.10 Å². The maximum atomic E-state index is 14.2. The highest BCUT2D eigenvalue weighted by Gasteiger charge is 2.22. The number of benzene rings is 1. The van der Waals surface area contributed by atoms with Crippen LogP contribution < -0.4 is 4.74 Å². The summed E-state index contributed by atoms with van der Waals surface area (Å²) in [6.07, 6.45) is 3.15. The van der Waals surface area contributed by atoms with E-state index in [1.807, 2.05) is 0 Å². The molecule has 0 aliphatic carbocycles. The minimum Gasteiger partial charge on any atom is -0.494 e. The number of halogens is 3. The van der Waals surface area contributed by atoms with Gasteiger partial charge in [0.2, 0.25) is 0 Å². The monoisotopic (exact) mass is 391 g/mol. The first-order valence-electron chi connectivity index (χ1n) is 7.73. The van der Waals surface area contributed by atoms with Gasteiger partial charge in [-0.05, 0) is 12.1 Å². The third-order valence-corrected chi connectivity index (χ3v) is 4.41. The van der Waals surface area contributed by atoms with Gasteiger partial charge in [-0.1, -0.05) is 16.8 Å². The Morgan fingerprint density at radius 2 is 2.04 bits per heavy atom. The van der Waals surface area contributed by atoms with Gasteiger partial charge in [0.25, 0.3) is 0 Å². The average molecular weight is 392 g/mol. The van der Waals surface area contributed by atoms with Gasteiger partial charge in [0, 0.05) is 12.1 Å². The number of aliphatic hydroxyl groups is 1. The molecule has 1 unspecified atom stereocenters. The fourth-order valence-corrected chi connectivity index (χ4v) is 3.02. The van der Waals surface area contributed by atoms with Crippen LogP contribution in [0.15, 0.2) is 43.0 Å². The molecule has 0 fully saturated rings. The molecule has 0 saturated carbocycles. The molecule has 3 heterocycles. The van der Waals surface area contributed by atoms with Gasteiger partial charge in [0.15, 0.2) is 17.4 Å². The van der Waals surface area contributed by atoms with Crippen molar-refractivity contribution in [1.82, 2.24) is 24.4 Å². The van der Waals surface area contributed by atoms with E-state index in [1.54, 1.807) is 22.7 Å². The predicted octanol–water partition coefficient (Wildman–Crippen LogP) is 2.94. The molecule has 27 heavy (non-hydrogen) atoms. The zero-order valence-electron chi connectivity index (χ0n) is 13.8. The summed E-state index contributed by atoms with van der Waals surface area (Å²) in [6, 6.07) is 5.21. The van der Waals surface area contributed by atoms with Crippen molar-refractivity contribution in [3.05, 3.63) is 71.0 Å². The van der Waals surface area contributed by atoms with Crippen LogP contribution in [0, 0.1) is 11.6 Å². The summed E-state index contributed by atoms with van der Waals surface area (Å²) in [7, 11) is 1.24. The van der Waals surface area contributed by atoms with Crippen molar-refractivity contribution in [3.8, 4) is 11.4 Å². The molecule has 0 amide bonds. The van der Waals surface area contributed by atoms with E-state index < -0.39 is 17.7 Å². The van der Waals surface area contributed by atoms with Crippen LogP contribution in [0.1, 0.15) is 17.5 Å². The largest absolute Gasteiger partial charge is 0.494 e. The van der Waals surface area contributed by atoms with Crippen LogP contribution in [0.2, 0.25) is 5.02 Å². The van der Waals surface area contributed by atoms with Gasteiger partial charge < -0.3 is 9.84 Å². The molecule has 10 heteroatoms. The summed E-state index contributed by atoms with van der Waals surface area (Å²) in [4.78, 5) is 4.02. The van der Waals surface area contributed by atoms with E-state index in [4.69, 9.17) is 16.3 Å². The first-order valence-corrected chi connectivity index (χ1v) is 8.11. The summed E-state index contributed by atoms with van der Waals surface area (Å²) >= 11 is 6.22. The molecule has 1 N–H and O–H groups in total. The Kier molecular flexibility index (Phi) is 4.25. The molecular formula is C17H12ClF2N5O2. The smallest absolute Gasteiger partial charge is 0.167 e. The number of hydrogen-bond donors (Lipinski definition) is 1. The zero-order valence-corrected chi connectivity index (χ0v) is 14.6. The minimum atomic E-state index is -1.25. The van der Waals surface area contributed by atoms with Crippen LogP contribution >= 0.6 is 11.6 Å². The van der Waals surface area contributed by atoms with Crippen molar-refractivity contribution in [2.75, 3.05) is 7.11 Å². The topological polar surface area (TPSA) is 77.5 Å². The number of aromatic nitrogens is 5. The highest BCUT2D eigenvalue weighted by atomic mass is 35.5. The third-order valence-electron chi connectivity index (χ3n) is 4.09. The average Bonchev–Trinajstić information content (AvgIpc) is 3.32. The molecule has 4 aromatic rings. The number of ether oxygens (including phenoxy) is 1. The molecule has 1 atom stereocenters. The van der Waals surface area contributed by atoms with E-state index >= 15 is 0 Å². The number of fused-ring (bicyclic) bond motifs is 1.